The summed E-state index contributed by atoms with van der Waals surface area (Å²) in [4.78, 5) is 24.8. The Labute approximate surface area is 179 Å². The van der Waals surface area contributed by atoms with Crippen LogP contribution in [0.1, 0.15) is 10.4 Å². The SMILES string of the molecule is C=CCNC(=O)c1ccccc1NC(=O)CN(c1ccc(Cl)cc1Cl)S(C)(=O)=O. The summed E-state index contributed by atoms with van der Waals surface area (Å²) in [6, 6.07) is 10.6. The fraction of sp³-hybridized carbons (Fsp3) is 0.158. The van der Waals surface area contributed by atoms with Gasteiger partial charge in [0.05, 0.1) is 28.2 Å². The number of carbonyl (C=O) groups excluding carboxylic acids is 2. The molecule has 2 aromatic carbocycles. The molecule has 0 aliphatic heterocycles. The highest BCUT2D eigenvalue weighted by Gasteiger charge is 2.24. The fourth-order valence-electron chi connectivity index (χ4n) is 2.43. The molecule has 0 fully saturated rings. The van der Waals surface area contributed by atoms with Crippen LogP contribution in [0.3, 0.4) is 0 Å². The standard InChI is InChI=1S/C19H19Cl2N3O4S/c1-3-10-22-19(26)14-6-4-5-7-16(14)23-18(25)12-24(29(2,27)28)17-9-8-13(20)11-15(17)21/h3-9,11H,1,10,12H2,2H3,(H,22,26)(H,23,25). The Balaban J connectivity index is 2.26. The van der Waals surface area contributed by atoms with Gasteiger partial charge in [0.2, 0.25) is 15.9 Å². The summed E-state index contributed by atoms with van der Waals surface area (Å²) in [6.45, 7) is 3.25. The Morgan fingerprint density at radius 3 is 2.48 bits per heavy atom. The number of hydrogen-bond acceptors (Lipinski definition) is 4. The molecule has 29 heavy (non-hydrogen) atoms. The van der Waals surface area contributed by atoms with Crippen LogP contribution >= 0.6 is 23.2 Å². The number of amides is 2. The van der Waals surface area contributed by atoms with Crippen molar-refractivity contribution in [2.45, 2.75) is 0 Å². The Bertz CT molecular complexity index is 1040. The van der Waals surface area contributed by atoms with Crippen LogP contribution in [-0.4, -0.2) is 39.6 Å². The molecule has 2 aromatic rings. The summed E-state index contributed by atoms with van der Waals surface area (Å²) in [5.41, 5.74) is 0.596. The number of nitrogens with zero attached hydrogens (tertiary/aromatic N) is 1. The molecule has 0 bridgehead atoms. The summed E-state index contributed by atoms with van der Waals surface area (Å²) >= 11 is 12.0. The Hall–Kier alpha value is -2.55. The third-order valence-electron chi connectivity index (χ3n) is 3.72. The molecule has 0 atom stereocenters. The van der Waals surface area contributed by atoms with Crippen LogP contribution in [-0.2, 0) is 14.8 Å². The monoisotopic (exact) mass is 455 g/mol. The van der Waals surface area contributed by atoms with Crippen molar-refractivity contribution in [1.29, 1.82) is 0 Å². The summed E-state index contributed by atoms with van der Waals surface area (Å²) in [6.07, 6.45) is 2.49. The van der Waals surface area contributed by atoms with E-state index in [2.05, 4.69) is 17.2 Å². The topological polar surface area (TPSA) is 95.6 Å². The predicted octanol–water partition coefficient (Wildman–Crippen LogP) is 3.31. The quantitative estimate of drug-likeness (QED) is 0.596. The zero-order chi connectivity index (χ0) is 21.6. The lowest BCUT2D eigenvalue weighted by Gasteiger charge is -2.23. The van der Waals surface area contributed by atoms with Crippen molar-refractivity contribution in [1.82, 2.24) is 5.32 Å². The van der Waals surface area contributed by atoms with Gasteiger partial charge in [-0.05, 0) is 30.3 Å². The molecule has 10 heteroatoms. The van der Waals surface area contributed by atoms with Crippen LogP contribution in [0.4, 0.5) is 11.4 Å². The van der Waals surface area contributed by atoms with Crippen LogP contribution in [0.15, 0.2) is 55.1 Å². The number of para-hydroxylation sites is 1. The molecule has 7 nitrogen and oxygen atoms in total. The predicted molar refractivity (Wildman–Crippen MR) is 116 cm³/mol. The van der Waals surface area contributed by atoms with Gasteiger partial charge in [0.25, 0.3) is 5.91 Å². The number of rotatable bonds is 8. The third kappa shape index (κ3) is 6.22. The van der Waals surface area contributed by atoms with E-state index in [0.29, 0.717) is 5.02 Å². The summed E-state index contributed by atoms with van der Waals surface area (Å²) in [7, 11) is -3.82. The molecular weight excluding hydrogens is 437 g/mol. The van der Waals surface area contributed by atoms with Gasteiger partial charge in [0, 0.05) is 11.6 Å². The van der Waals surface area contributed by atoms with E-state index in [-0.39, 0.29) is 28.5 Å². The highest BCUT2D eigenvalue weighted by molar-refractivity contribution is 7.92. The lowest BCUT2D eigenvalue weighted by Crippen LogP contribution is -2.38. The number of hydrogen-bond donors (Lipinski definition) is 2. The molecule has 0 spiro atoms. The van der Waals surface area contributed by atoms with Crippen molar-refractivity contribution in [3.63, 3.8) is 0 Å². The largest absolute Gasteiger partial charge is 0.349 e. The smallest absolute Gasteiger partial charge is 0.253 e. The van der Waals surface area contributed by atoms with Crippen molar-refractivity contribution < 1.29 is 18.0 Å². The molecule has 2 amide bonds. The third-order valence-corrected chi connectivity index (χ3v) is 5.38. The van der Waals surface area contributed by atoms with E-state index in [1.807, 2.05) is 0 Å². The van der Waals surface area contributed by atoms with Crippen LogP contribution in [0, 0.1) is 0 Å². The van der Waals surface area contributed by atoms with Crippen molar-refractivity contribution in [2.75, 3.05) is 29.0 Å². The van der Waals surface area contributed by atoms with Gasteiger partial charge in [-0.2, -0.15) is 0 Å². The van der Waals surface area contributed by atoms with E-state index in [4.69, 9.17) is 23.2 Å². The van der Waals surface area contributed by atoms with Gasteiger partial charge in [-0.15, -0.1) is 6.58 Å². The number of anilines is 2. The van der Waals surface area contributed by atoms with Crippen molar-refractivity contribution >= 4 is 56.4 Å². The second kappa shape index (κ2) is 9.78. The molecule has 0 radical (unpaired) electrons. The van der Waals surface area contributed by atoms with E-state index in [1.54, 1.807) is 24.3 Å². The van der Waals surface area contributed by atoms with Gasteiger partial charge in [-0.25, -0.2) is 8.42 Å². The molecule has 154 valence electrons. The molecule has 0 aromatic heterocycles. The number of nitrogens with one attached hydrogen (secondary N) is 2. The Kier molecular flexibility index (Phi) is 7.66. The van der Waals surface area contributed by atoms with Crippen molar-refractivity contribution in [3.05, 3.63) is 70.7 Å². The van der Waals surface area contributed by atoms with Crippen LogP contribution in [0.5, 0.6) is 0 Å². The van der Waals surface area contributed by atoms with E-state index in [0.717, 1.165) is 10.6 Å². The summed E-state index contributed by atoms with van der Waals surface area (Å²) in [5, 5.41) is 5.60. The number of benzene rings is 2. The van der Waals surface area contributed by atoms with Crippen LogP contribution in [0.2, 0.25) is 10.0 Å². The zero-order valence-corrected chi connectivity index (χ0v) is 17.8. The maximum Gasteiger partial charge on any atom is 0.253 e. The maximum atomic E-state index is 12.6. The molecule has 0 heterocycles. The average molecular weight is 456 g/mol. The van der Waals surface area contributed by atoms with E-state index >= 15 is 0 Å². The van der Waals surface area contributed by atoms with Crippen molar-refractivity contribution in [3.8, 4) is 0 Å². The second-order valence-electron chi connectivity index (χ2n) is 5.96. The minimum absolute atomic E-state index is 0.0833. The minimum Gasteiger partial charge on any atom is -0.349 e. The van der Waals surface area contributed by atoms with Crippen LogP contribution < -0.4 is 14.9 Å². The first kappa shape index (κ1) is 22.7. The number of halogens is 2. The molecule has 0 aliphatic rings. The fourth-order valence-corrected chi connectivity index (χ4v) is 3.86. The maximum absolute atomic E-state index is 12.6. The van der Waals surface area contributed by atoms with Gasteiger partial charge in [-0.1, -0.05) is 41.4 Å². The average Bonchev–Trinajstić information content (AvgIpc) is 2.64. The number of carbonyl (C=O) groups is 2. The molecule has 2 N–H and O–H groups in total. The van der Waals surface area contributed by atoms with Gasteiger partial charge in [0.1, 0.15) is 6.54 Å². The van der Waals surface area contributed by atoms with Crippen molar-refractivity contribution in [2.24, 2.45) is 0 Å². The lowest BCUT2D eigenvalue weighted by atomic mass is 10.1. The summed E-state index contributed by atoms with van der Waals surface area (Å²) in [5.74, 6) is -1.05. The molecule has 0 saturated heterocycles. The van der Waals surface area contributed by atoms with E-state index in [9.17, 15) is 18.0 Å². The normalized spacial score (nSPS) is 10.9. The van der Waals surface area contributed by atoms with Crippen LogP contribution in [0.25, 0.3) is 0 Å². The van der Waals surface area contributed by atoms with Gasteiger partial charge < -0.3 is 10.6 Å². The van der Waals surface area contributed by atoms with E-state index in [1.165, 1.54) is 24.3 Å². The van der Waals surface area contributed by atoms with Gasteiger partial charge in [0.15, 0.2) is 0 Å². The zero-order valence-electron chi connectivity index (χ0n) is 15.5. The van der Waals surface area contributed by atoms with Gasteiger partial charge in [-0.3, -0.25) is 13.9 Å². The second-order valence-corrected chi connectivity index (χ2v) is 8.71. The Morgan fingerprint density at radius 1 is 1.17 bits per heavy atom. The molecule has 0 unspecified atom stereocenters. The first-order chi connectivity index (χ1) is 13.6. The molecule has 0 saturated carbocycles. The van der Waals surface area contributed by atoms with Gasteiger partial charge >= 0.3 is 0 Å². The lowest BCUT2D eigenvalue weighted by molar-refractivity contribution is -0.114. The van der Waals surface area contributed by atoms with E-state index < -0.39 is 28.4 Å². The Morgan fingerprint density at radius 2 is 1.86 bits per heavy atom. The molecule has 0 aliphatic carbocycles. The minimum atomic E-state index is -3.82. The summed E-state index contributed by atoms with van der Waals surface area (Å²) < 4.78 is 25.3. The molecular formula is C19H19Cl2N3O4S. The first-order valence-corrected chi connectivity index (χ1v) is 10.9. The molecule has 2 rings (SSSR count). The number of sulfonamides is 1. The first-order valence-electron chi connectivity index (χ1n) is 8.34. The highest BCUT2D eigenvalue weighted by Crippen LogP contribution is 2.30. The highest BCUT2D eigenvalue weighted by atomic mass is 35.5.